The molecule has 0 saturated carbocycles. The summed E-state index contributed by atoms with van der Waals surface area (Å²) in [7, 11) is 0. The topological polar surface area (TPSA) is 130 Å². The van der Waals surface area contributed by atoms with Crippen molar-refractivity contribution in [3.8, 4) is 0 Å². The number of anilines is 4. The Balaban J connectivity index is 1.19. The lowest BCUT2D eigenvalue weighted by Crippen LogP contribution is -2.46. The molecule has 0 spiro atoms. The smallest absolute Gasteiger partial charge is 0.434 e. The molecule has 2 aromatic heterocycles. The Labute approximate surface area is 192 Å². The van der Waals surface area contributed by atoms with Crippen molar-refractivity contribution >= 4 is 35.1 Å². The molecular weight excluding hydrogens is 451 g/mol. The van der Waals surface area contributed by atoms with Crippen LogP contribution in [-0.4, -0.2) is 61.5 Å². The van der Waals surface area contributed by atoms with Crippen LogP contribution in [0.25, 0.3) is 0 Å². The van der Waals surface area contributed by atoms with E-state index >= 15 is 0 Å². The quantitative estimate of drug-likeness (QED) is 0.404. The fourth-order valence-electron chi connectivity index (χ4n) is 4.03. The van der Waals surface area contributed by atoms with E-state index in [0.717, 1.165) is 0 Å². The highest BCUT2D eigenvalue weighted by atomic mass is 19.1. The number of hydrogen-bond donors (Lipinski definition) is 1. The minimum absolute atomic E-state index is 0.274. The molecule has 13 heteroatoms. The molecule has 2 saturated heterocycles. The molecule has 0 aliphatic carbocycles. The van der Waals surface area contributed by atoms with Crippen LogP contribution in [-0.2, 0) is 4.74 Å². The summed E-state index contributed by atoms with van der Waals surface area (Å²) in [5, 5.41) is 17.6. The predicted octanol–water partition coefficient (Wildman–Crippen LogP) is 3.08. The van der Waals surface area contributed by atoms with Crippen LogP contribution in [0.15, 0.2) is 51.6 Å². The summed E-state index contributed by atoms with van der Waals surface area (Å²) in [5.41, 5.74) is 0.836. The van der Waals surface area contributed by atoms with E-state index in [2.05, 4.69) is 10.5 Å². The van der Waals surface area contributed by atoms with Crippen LogP contribution >= 0.6 is 0 Å². The molecule has 178 valence electrons. The summed E-state index contributed by atoms with van der Waals surface area (Å²) < 4.78 is 30.4. The Hall–Kier alpha value is -4.29. The SMILES string of the molecule is O=C1O[C@@H](CNc2ccon2)CN1c1ccc(N2CCN(c3ccc([N+](=O)[O-])o3)CC2)c(F)c1. The first-order chi connectivity index (χ1) is 16.5. The van der Waals surface area contributed by atoms with Gasteiger partial charge in [-0.25, -0.2) is 9.18 Å². The Morgan fingerprint density at radius 1 is 1.15 bits per heavy atom. The maximum atomic E-state index is 15.0. The number of amides is 1. The fourth-order valence-corrected chi connectivity index (χ4v) is 4.03. The van der Waals surface area contributed by atoms with Gasteiger partial charge in [-0.05, 0) is 18.2 Å². The van der Waals surface area contributed by atoms with Gasteiger partial charge in [0.05, 0.1) is 30.5 Å². The lowest BCUT2D eigenvalue weighted by molar-refractivity contribution is -0.401. The van der Waals surface area contributed by atoms with E-state index in [1.807, 2.05) is 9.80 Å². The average molecular weight is 472 g/mol. The predicted molar refractivity (Wildman–Crippen MR) is 119 cm³/mol. The van der Waals surface area contributed by atoms with Gasteiger partial charge in [0, 0.05) is 38.3 Å². The van der Waals surface area contributed by atoms with E-state index in [4.69, 9.17) is 13.7 Å². The van der Waals surface area contributed by atoms with Crippen molar-refractivity contribution in [2.45, 2.75) is 6.10 Å². The minimum atomic E-state index is -0.581. The van der Waals surface area contributed by atoms with Crippen molar-refractivity contribution < 1.29 is 27.8 Å². The van der Waals surface area contributed by atoms with Crippen LogP contribution in [0.4, 0.5) is 38.1 Å². The van der Waals surface area contributed by atoms with E-state index in [1.54, 1.807) is 24.3 Å². The lowest BCUT2D eigenvalue weighted by Gasteiger charge is -2.36. The number of carbonyl (C=O) groups excluding carboxylic acids is 1. The standard InChI is InChI=1S/C21H21FN6O6/c22-16-11-14(27-13-15(33-21(27)29)12-23-18-5-10-32-24-18)1-2-17(16)25-6-8-26(9-7-25)19-3-4-20(34-19)28(30)31/h1-5,10-11,15H,6-9,12-13H2,(H,23,24)/t15-/m0/s1. The number of ether oxygens (including phenoxy) is 1. The van der Waals surface area contributed by atoms with Gasteiger partial charge in [-0.2, -0.15) is 0 Å². The van der Waals surface area contributed by atoms with Crippen LogP contribution in [0.3, 0.4) is 0 Å². The number of cyclic esters (lactones) is 1. The first-order valence-electron chi connectivity index (χ1n) is 10.6. The number of aromatic nitrogens is 1. The van der Waals surface area contributed by atoms with E-state index < -0.39 is 22.9 Å². The third-order valence-corrected chi connectivity index (χ3v) is 5.76. The summed E-state index contributed by atoms with van der Waals surface area (Å²) in [6.07, 6.45) is 0.473. The number of nitro groups is 1. The number of rotatable bonds is 7. The maximum Gasteiger partial charge on any atom is 0.434 e. The third kappa shape index (κ3) is 4.31. The second-order valence-electron chi connectivity index (χ2n) is 7.86. The molecule has 0 radical (unpaired) electrons. The molecule has 5 rings (SSSR count). The van der Waals surface area contributed by atoms with Gasteiger partial charge in [0.2, 0.25) is 5.88 Å². The second-order valence-corrected chi connectivity index (χ2v) is 7.86. The molecule has 2 aliphatic rings. The normalized spacial score (nSPS) is 18.3. The van der Waals surface area contributed by atoms with E-state index in [1.165, 1.54) is 23.3 Å². The monoisotopic (exact) mass is 472 g/mol. The Morgan fingerprint density at radius 3 is 2.62 bits per heavy atom. The highest BCUT2D eigenvalue weighted by Gasteiger charge is 2.33. The maximum absolute atomic E-state index is 15.0. The molecule has 0 unspecified atom stereocenters. The van der Waals surface area contributed by atoms with Crippen LogP contribution < -0.4 is 20.0 Å². The molecule has 2 aliphatic heterocycles. The number of benzene rings is 1. The summed E-state index contributed by atoms with van der Waals surface area (Å²) in [6.45, 7) is 2.67. The Morgan fingerprint density at radius 2 is 1.94 bits per heavy atom. The van der Waals surface area contributed by atoms with Crippen molar-refractivity contribution in [2.24, 2.45) is 0 Å². The fraction of sp³-hybridized carbons (Fsp3) is 0.333. The first-order valence-corrected chi connectivity index (χ1v) is 10.6. The number of nitrogens with zero attached hydrogens (tertiary/aromatic N) is 5. The van der Waals surface area contributed by atoms with Crippen LogP contribution in [0, 0.1) is 15.9 Å². The van der Waals surface area contributed by atoms with Gasteiger partial charge in [0.15, 0.2) is 5.82 Å². The van der Waals surface area contributed by atoms with E-state index in [9.17, 15) is 19.3 Å². The first kappa shape index (κ1) is 21.6. The second kappa shape index (κ2) is 8.92. The number of hydrogen-bond acceptors (Lipinski definition) is 10. The van der Waals surface area contributed by atoms with E-state index in [-0.39, 0.29) is 12.4 Å². The van der Waals surface area contributed by atoms with Gasteiger partial charge in [0.1, 0.15) is 23.1 Å². The van der Waals surface area contributed by atoms with Gasteiger partial charge in [-0.1, -0.05) is 5.16 Å². The number of halogens is 1. The molecular formula is C21H21FN6O6. The molecule has 34 heavy (non-hydrogen) atoms. The van der Waals surface area contributed by atoms with Crippen molar-refractivity contribution in [1.29, 1.82) is 0 Å². The summed E-state index contributed by atoms with van der Waals surface area (Å²) in [5.74, 6) is 0.199. The zero-order valence-corrected chi connectivity index (χ0v) is 17.9. The zero-order valence-electron chi connectivity index (χ0n) is 17.9. The molecule has 12 nitrogen and oxygen atoms in total. The van der Waals surface area contributed by atoms with Crippen LogP contribution in [0.5, 0.6) is 0 Å². The number of furan rings is 1. The summed E-state index contributed by atoms with van der Waals surface area (Å²) in [4.78, 5) is 27.7. The average Bonchev–Trinajstić information content (AvgIpc) is 3.59. The van der Waals surface area contributed by atoms with Gasteiger partial charge in [-0.15, -0.1) is 0 Å². The molecule has 1 aromatic carbocycles. The largest absolute Gasteiger partial charge is 0.442 e. The number of piperazine rings is 1. The number of nitrogens with one attached hydrogen (secondary N) is 1. The number of carbonyl (C=O) groups is 1. The van der Waals surface area contributed by atoms with Gasteiger partial charge in [-0.3, -0.25) is 15.0 Å². The zero-order chi connectivity index (χ0) is 23.7. The molecule has 4 heterocycles. The van der Waals surface area contributed by atoms with Crippen LogP contribution in [0.1, 0.15) is 0 Å². The molecule has 0 bridgehead atoms. The third-order valence-electron chi connectivity index (χ3n) is 5.76. The molecule has 1 amide bonds. The molecule has 2 fully saturated rings. The van der Waals surface area contributed by atoms with Gasteiger partial charge in [0.25, 0.3) is 0 Å². The van der Waals surface area contributed by atoms with Crippen LogP contribution in [0.2, 0.25) is 0 Å². The highest BCUT2D eigenvalue weighted by molar-refractivity contribution is 5.90. The van der Waals surface area contributed by atoms with Crippen molar-refractivity contribution in [3.05, 3.63) is 58.6 Å². The van der Waals surface area contributed by atoms with Gasteiger partial charge >= 0.3 is 12.0 Å². The summed E-state index contributed by atoms with van der Waals surface area (Å²) in [6, 6.07) is 9.19. The van der Waals surface area contributed by atoms with Gasteiger partial charge < -0.3 is 28.8 Å². The lowest BCUT2D eigenvalue weighted by atomic mass is 10.2. The Bertz CT molecular complexity index is 1180. The summed E-state index contributed by atoms with van der Waals surface area (Å²) >= 11 is 0. The highest BCUT2D eigenvalue weighted by Crippen LogP contribution is 2.30. The Kier molecular flexibility index (Phi) is 5.65. The van der Waals surface area contributed by atoms with Crippen molar-refractivity contribution in [3.63, 3.8) is 0 Å². The molecule has 1 N–H and O–H groups in total. The molecule has 1 atom stereocenters. The van der Waals surface area contributed by atoms with Crippen molar-refractivity contribution in [2.75, 3.05) is 59.3 Å². The minimum Gasteiger partial charge on any atom is -0.442 e. The van der Waals surface area contributed by atoms with Crippen molar-refractivity contribution in [1.82, 2.24) is 5.16 Å². The van der Waals surface area contributed by atoms with E-state index in [0.29, 0.717) is 55.8 Å². The molecule has 3 aromatic rings.